The van der Waals surface area contributed by atoms with Gasteiger partial charge < -0.3 is 4.74 Å². The summed E-state index contributed by atoms with van der Waals surface area (Å²) in [6.45, 7) is 2.89. The predicted molar refractivity (Wildman–Crippen MR) is 63.1 cm³/mol. The summed E-state index contributed by atoms with van der Waals surface area (Å²) in [5.41, 5.74) is 4.53. The molecule has 0 aromatic rings. The van der Waals surface area contributed by atoms with Gasteiger partial charge in [0.1, 0.15) is 0 Å². The highest BCUT2D eigenvalue weighted by Crippen LogP contribution is 2.17. The highest BCUT2D eigenvalue weighted by atomic mass is 16.5. The number of hydrogen-bond acceptors (Lipinski definition) is 5. The molecule has 102 valence electrons. The van der Waals surface area contributed by atoms with Crippen LogP contribution in [0.4, 0.5) is 0 Å². The number of piperidine rings is 1. The molecule has 7 heteroatoms. The Bertz CT molecular complexity index is 324. The van der Waals surface area contributed by atoms with Crippen LogP contribution >= 0.6 is 0 Å². The molecule has 1 aliphatic rings. The first-order valence-corrected chi connectivity index (χ1v) is 5.88. The SMILES string of the molecule is COC(=O)C1CCN(CC(=O)NNC(C)=O)CC1. The lowest BCUT2D eigenvalue weighted by Gasteiger charge is -2.29. The summed E-state index contributed by atoms with van der Waals surface area (Å²) in [6, 6.07) is 0. The Kier molecular flexibility index (Phi) is 5.57. The molecule has 0 unspecified atom stereocenters. The van der Waals surface area contributed by atoms with Gasteiger partial charge in [-0.2, -0.15) is 0 Å². The van der Waals surface area contributed by atoms with Crippen LogP contribution in [0.25, 0.3) is 0 Å². The van der Waals surface area contributed by atoms with E-state index in [0.717, 1.165) is 0 Å². The molecule has 0 radical (unpaired) electrons. The standard InChI is InChI=1S/C11H19N3O4/c1-8(15)12-13-10(16)7-14-5-3-9(4-6-14)11(17)18-2/h9H,3-7H2,1-2H3,(H,12,15)(H,13,16). The number of hydrazine groups is 1. The summed E-state index contributed by atoms with van der Waals surface area (Å²) in [4.78, 5) is 35.3. The average molecular weight is 257 g/mol. The maximum atomic E-state index is 11.4. The molecule has 0 aromatic carbocycles. The van der Waals surface area contributed by atoms with Gasteiger partial charge in [-0.1, -0.05) is 0 Å². The fraction of sp³-hybridized carbons (Fsp3) is 0.727. The molecule has 1 fully saturated rings. The number of carbonyl (C=O) groups is 3. The van der Waals surface area contributed by atoms with E-state index in [1.54, 1.807) is 0 Å². The average Bonchev–Trinajstić information content (AvgIpc) is 2.36. The number of nitrogens with one attached hydrogen (secondary N) is 2. The molecule has 0 atom stereocenters. The van der Waals surface area contributed by atoms with Crippen LogP contribution in [0.15, 0.2) is 0 Å². The summed E-state index contributed by atoms with van der Waals surface area (Å²) in [5, 5.41) is 0. The van der Waals surface area contributed by atoms with Crippen molar-refractivity contribution in [2.24, 2.45) is 5.92 Å². The van der Waals surface area contributed by atoms with E-state index in [-0.39, 0.29) is 30.2 Å². The van der Waals surface area contributed by atoms with Crippen LogP contribution in [0.5, 0.6) is 0 Å². The van der Waals surface area contributed by atoms with Gasteiger partial charge in [0.05, 0.1) is 19.6 Å². The summed E-state index contributed by atoms with van der Waals surface area (Å²) < 4.78 is 4.69. The van der Waals surface area contributed by atoms with E-state index in [1.165, 1.54) is 14.0 Å². The number of nitrogens with zero attached hydrogens (tertiary/aromatic N) is 1. The molecule has 1 heterocycles. The first kappa shape index (κ1) is 14.4. The van der Waals surface area contributed by atoms with Crippen molar-refractivity contribution in [3.63, 3.8) is 0 Å². The number of amides is 2. The highest BCUT2D eigenvalue weighted by molar-refractivity contribution is 5.82. The number of rotatable bonds is 3. The van der Waals surface area contributed by atoms with Gasteiger partial charge in [0, 0.05) is 6.92 Å². The highest BCUT2D eigenvalue weighted by Gasteiger charge is 2.26. The van der Waals surface area contributed by atoms with E-state index in [9.17, 15) is 14.4 Å². The van der Waals surface area contributed by atoms with Crippen molar-refractivity contribution < 1.29 is 19.1 Å². The lowest BCUT2D eigenvalue weighted by Crippen LogP contribution is -2.47. The Balaban J connectivity index is 2.25. The van der Waals surface area contributed by atoms with Crippen molar-refractivity contribution in [2.45, 2.75) is 19.8 Å². The van der Waals surface area contributed by atoms with Gasteiger partial charge in [0.25, 0.3) is 5.91 Å². The van der Waals surface area contributed by atoms with E-state index in [2.05, 4.69) is 15.6 Å². The molecule has 0 spiro atoms. The lowest BCUT2D eigenvalue weighted by atomic mass is 9.97. The third-order valence-electron chi connectivity index (χ3n) is 2.87. The molecule has 1 aliphatic heterocycles. The monoisotopic (exact) mass is 257 g/mol. The molecule has 0 bridgehead atoms. The van der Waals surface area contributed by atoms with Crippen LogP contribution < -0.4 is 10.9 Å². The Morgan fingerprint density at radius 1 is 1.22 bits per heavy atom. The topological polar surface area (TPSA) is 87.7 Å². The predicted octanol–water partition coefficient (Wildman–Crippen LogP) is -0.961. The van der Waals surface area contributed by atoms with Crippen LogP contribution in [0.2, 0.25) is 0 Å². The van der Waals surface area contributed by atoms with Gasteiger partial charge in [-0.3, -0.25) is 30.1 Å². The number of likely N-dealkylation sites (tertiary alicyclic amines) is 1. The molecular formula is C11H19N3O4. The molecule has 18 heavy (non-hydrogen) atoms. The second kappa shape index (κ2) is 6.95. The molecule has 2 N–H and O–H groups in total. The number of esters is 1. The summed E-state index contributed by atoms with van der Waals surface area (Å²) in [5.74, 6) is -0.823. The molecule has 1 rings (SSSR count). The zero-order valence-corrected chi connectivity index (χ0v) is 10.7. The molecule has 7 nitrogen and oxygen atoms in total. The quantitative estimate of drug-likeness (QED) is 0.502. The Morgan fingerprint density at radius 3 is 2.33 bits per heavy atom. The van der Waals surface area contributed by atoms with Gasteiger partial charge in [-0.05, 0) is 25.9 Å². The number of ether oxygens (including phenoxy) is 1. The van der Waals surface area contributed by atoms with Crippen molar-refractivity contribution in [1.82, 2.24) is 15.8 Å². The third-order valence-corrected chi connectivity index (χ3v) is 2.87. The number of hydrogen-bond donors (Lipinski definition) is 2. The summed E-state index contributed by atoms with van der Waals surface area (Å²) >= 11 is 0. The van der Waals surface area contributed by atoms with Crippen LogP contribution in [0.3, 0.4) is 0 Å². The van der Waals surface area contributed by atoms with E-state index in [4.69, 9.17) is 0 Å². The van der Waals surface area contributed by atoms with Gasteiger partial charge in [0.15, 0.2) is 0 Å². The van der Waals surface area contributed by atoms with Crippen molar-refractivity contribution in [3.05, 3.63) is 0 Å². The molecule has 2 amide bonds. The maximum absolute atomic E-state index is 11.4. The zero-order valence-electron chi connectivity index (χ0n) is 10.7. The van der Waals surface area contributed by atoms with Gasteiger partial charge in [0.2, 0.25) is 5.91 Å². The van der Waals surface area contributed by atoms with Crippen molar-refractivity contribution >= 4 is 17.8 Å². The van der Waals surface area contributed by atoms with Crippen LogP contribution in [0.1, 0.15) is 19.8 Å². The maximum Gasteiger partial charge on any atom is 0.308 e. The minimum atomic E-state index is -0.312. The molecule has 0 aromatic heterocycles. The first-order valence-electron chi connectivity index (χ1n) is 5.88. The summed E-state index contributed by atoms with van der Waals surface area (Å²) in [6.07, 6.45) is 1.39. The van der Waals surface area contributed by atoms with Gasteiger partial charge in [-0.25, -0.2) is 0 Å². The number of carbonyl (C=O) groups excluding carboxylic acids is 3. The van der Waals surface area contributed by atoms with Gasteiger partial charge in [-0.15, -0.1) is 0 Å². The Hall–Kier alpha value is -1.63. The lowest BCUT2D eigenvalue weighted by molar-refractivity contribution is -0.147. The molecule has 1 saturated heterocycles. The minimum Gasteiger partial charge on any atom is -0.469 e. The van der Waals surface area contributed by atoms with E-state index in [1.807, 2.05) is 4.90 Å². The zero-order chi connectivity index (χ0) is 13.5. The van der Waals surface area contributed by atoms with Crippen LogP contribution in [-0.4, -0.2) is 49.4 Å². The molecule has 0 aliphatic carbocycles. The Labute approximate surface area is 106 Å². The smallest absolute Gasteiger partial charge is 0.308 e. The first-order chi connectivity index (χ1) is 8.52. The third kappa shape index (κ3) is 4.70. The largest absolute Gasteiger partial charge is 0.469 e. The fourth-order valence-electron chi connectivity index (χ4n) is 1.89. The molecular weight excluding hydrogens is 238 g/mol. The van der Waals surface area contributed by atoms with E-state index in [0.29, 0.717) is 25.9 Å². The Morgan fingerprint density at radius 2 is 1.83 bits per heavy atom. The van der Waals surface area contributed by atoms with Crippen LogP contribution in [-0.2, 0) is 19.1 Å². The van der Waals surface area contributed by atoms with E-state index >= 15 is 0 Å². The van der Waals surface area contributed by atoms with E-state index < -0.39 is 0 Å². The summed E-state index contributed by atoms with van der Waals surface area (Å²) in [7, 11) is 1.38. The molecule has 0 saturated carbocycles. The van der Waals surface area contributed by atoms with Gasteiger partial charge >= 0.3 is 5.97 Å². The van der Waals surface area contributed by atoms with Crippen molar-refractivity contribution in [2.75, 3.05) is 26.7 Å². The van der Waals surface area contributed by atoms with Crippen LogP contribution in [0, 0.1) is 5.92 Å². The van der Waals surface area contributed by atoms with Crippen molar-refractivity contribution in [3.8, 4) is 0 Å². The normalized spacial score (nSPS) is 17.0. The second-order valence-electron chi connectivity index (χ2n) is 4.30. The minimum absolute atomic E-state index is 0.0651. The fourth-order valence-corrected chi connectivity index (χ4v) is 1.89. The number of methoxy groups -OCH3 is 1. The van der Waals surface area contributed by atoms with Crippen molar-refractivity contribution in [1.29, 1.82) is 0 Å². The second-order valence-corrected chi connectivity index (χ2v) is 4.30.